The highest BCUT2D eigenvalue weighted by atomic mass is 32.1. The van der Waals surface area contributed by atoms with Gasteiger partial charge in [0, 0.05) is 18.2 Å². The molecule has 2 heterocycles. The lowest BCUT2D eigenvalue weighted by Crippen LogP contribution is -2.41. The highest BCUT2D eigenvalue weighted by Gasteiger charge is 2.43. The van der Waals surface area contributed by atoms with E-state index in [1.165, 1.54) is 17.7 Å². The molecule has 3 amide bonds. The minimum atomic E-state index is -0.691. The smallest absolute Gasteiger partial charge is 0.256 e. The van der Waals surface area contributed by atoms with Gasteiger partial charge in [0.1, 0.15) is 11.8 Å². The number of ether oxygens (including phenoxy) is 1. The van der Waals surface area contributed by atoms with Gasteiger partial charge in [-0.25, -0.2) is 0 Å². The Balaban J connectivity index is 1.35. The molecule has 0 bridgehead atoms. The minimum absolute atomic E-state index is 0.0119. The molecule has 0 spiro atoms. The number of amides is 3. The Morgan fingerprint density at radius 2 is 1.69 bits per heavy atom. The van der Waals surface area contributed by atoms with E-state index in [4.69, 9.17) is 22.7 Å². The van der Waals surface area contributed by atoms with Gasteiger partial charge in [0.2, 0.25) is 11.8 Å². The Bertz CT molecular complexity index is 1200. The Labute approximate surface area is 254 Å². The molecule has 0 aromatic heterocycles. The number of nitrogens with one attached hydrogen (secondary N) is 1. The van der Waals surface area contributed by atoms with Crippen LogP contribution in [0.1, 0.15) is 58.3 Å². The first-order valence-electron chi connectivity index (χ1n) is 15.1. The molecule has 0 saturated carbocycles. The third-order valence-electron chi connectivity index (χ3n) is 7.98. The number of unbranched alkanes of at least 4 members (excludes halogenated alkanes) is 3. The number of carbonyl (C=O) groups excluding carboxylic acids is 3. The van der Waals surface area contributed by atoms with Gasteiger partial charge in [-0.15, -0.1) is 0 Å². The fraction of sp³-hybridized carbons (Fsp3) is 0.500. The summed E-state index contributed by atoms with van der Waals surface area (Å²) in [5, 5.41) is 3.34. The first kappa shape index (κ1) is 31.4. The number of likely N-dealkylation sites (tertiary alicyclic amines) is 1. The van der Waals surface area contributed by atoms with Crippen LogP contribution in [-0.2, 0) is 14.4 Å². The van der Waals surface area contributed by atoms with Crippen molar-refractivity contribution in [3.63, 3.8) is 0 Å². The Hall–Kier alpha value is -3.50. The molecular weight excluding hydrogens is 550 g/mol. The Morgan fingerprint density at radius 3 is 2.36 bits per heavy atom. The van der Waals surface area contributed by atoms with Crippen molar-refractivity contribution in [2.45, 2.75) is 64.3 Å². The summed E-state index contributed by atoms with van der Waals surface area (Å²) >= 11 is 5.79. The highest BCUT2D eigenvalue weighted by Crippen LogP contribution is 2.28. The molecule has 0 radical (unpaired) electrons. The predicted octanol–water partition coefficient (Wildman–Crippen LogP) is 4.56. The number of primary amides is 1. The van der Waals surface area contributed by atoms with E-state index in [2.05, 4.69) is 17.1 Å². The summed E-state index contributed by atoms with van der Waals surface area (Å²) in [6.07, 6.45) is 6.88. The van der Waals surface area contributed by atoms with Crippen molar-refractivity contribution in [1.29, 1.82) is 0 Å². The number of piperidine rings is 1. The van der Waals surface area contributed by atoms with Crippen molar-refractivity contribution in [2.75, 3.05) is 43.0 Å². The van der Waals surface area contributed by atoms with Crippen LogP contribution in [0.15, 0.2) is 54.6 Å². The quantitative estimate of drug-likeness (QED) is 0.230. The summed E-state index contributed by atoms with van der Waals surface area (Å²) < 4.78 is 5.80. The number of nitrogens with two attached hydrogens (primary N) is 1. The third kappa shape index (κ3) is 8.51. The van der Waals surface area contributed by atoms with Crippen LogP contribution < -0.4 is 20.7 Å². The summed E-state index contributed by atoms with van der Waals surface area (Å²) in [5.41, 5.74) is 6.82. The second-order valence-electron chi connectivity index (χ2n) is 11.1. The van der Waals surface area contributed by atoms with Gasteiger partial charge in [-0.05, 0) is 93.9 Å². The number of thiocarbonyl (C=S) groups is 1. The van der Waals surface area contributed by atoms with E-state index >= 15 is 0 Å². The number of anilines is 2. The van der Waals surface area contributed by atoms with Gasteiger partial charge in [0.05, 0.1) is 18.7 Å². The third-order valence-corrected chi connectivity index (χ3v) is 8.40. The summed E-state index contributed by atoms with van der Waals surface area (Å²) in [7, 11) is 0. The molecule has 2 aliphatic rings. The normalized spacial score (nSPS) is 18.0. The fourth-order valence-electron chi connectivity index (χ4n) is 5.55. The zero-order valence-electron chi connectivity index (χ0n) is 24.5. The molecule has 2 aliphatic heterocycles. The van der Waals surface area contributed by atoms with E-state index in [9.17, 15) is 14.4 Å². The molecule has 10 heteroatoms. The van der Waals surface area contributed by atoms with Gasteiger partial charge in [-0.3, -0.25) is 19.3 Å². The van der Waals surface area contributed by atoms with Gasteiger partial charge in [0.25, 0.3) is 5.91 Å². The van der Waals surface area contributed by atoms with Crippen molar-refractivity contribution in [3.05, 3.63) is 54.6 Å². The molecular formula is C32H43N5O4S. The predicted molar refractivity (Wildman–Crippen MR) is 169 cm³/mol. The average Bonchev–Trinajstić information content (AvgIpc) is 3.22. The number of nitrogens with zero attached hydrogens (tertiary/aromatic N) is 3. The van der Waals surface area contributed by atoms with Crippen molar-refractivity contribution in [3.8, 4) is 5.75 Å². The minimum Gasteiger partial charge on any atom is -0.494 e. The molecule has 226 valence electrons. The van der Waals surface area contributed by atoms with Gasteiger partial charge >= 0.3 is 0 Å². The molecule has 0 aliphatic carbocycles. The average molecular weight is 594 g/mol. The first-order chi connectivity index (χ1) is 20.4. The lowest BCUT2D eigenvalue weighted by Gasteiger charge is -2.31. The molecule has 2 aromatic rings. The van der Waals surface area contributed by atoms with Crippen molar-refractivity contribution in [2.24, 2.45) is 11.7 Å². The maximum absolute atomic E-state index is 13.6. The number of benzene rings is 2. The molecule has 2 saturated heterocycles. The standard InChI is InChI=1S/C32H43N5O4S/c1-2-3-4-8-22-41-27-14-12-25(13-15-27)34-29(38)23-28-31(40)37(26-10-6-5-7-11-26)32(42)36(28)19-9-18-35-20-16-24(17-21-35)30(33)39/h5-7,10-15,24,28H,2-4,8-9,16-23H2,1H3,(H2,33,39)(H,34,38)/t28-/m0/s1. The van der Waals surface area contributed by atoms with Crippen LogP contribution >= 0.6 is 12.2 Å². The second-order valence-corrected chi connectivity index (χ2v) is 11.4. The highest BCUT2D eigenvalue weighted by molar-refractivity contribution is 7.80. The largest absolute Gasteiger partial charge is 0.494 e. The first-order valence-corrected chi connectivity index (χ1v) is 15.5. The van der Waals surface area contributed by atoms with Crippen LogP contribution in [-0.4, -0.2) is 71.5 Å². The fourth-order valence-corrected chi connectivity index (χ4v) is 5.96. The van der Waals surface area contributed by atoms with Crippen molar-refractivity contribution >= 4 is 46.4 Å². The maximum atomic E-state index is 13.6. The number of hydrogen-bond acceptors (Lipinski definition) is 6. The molecule has 42 heavy (non-hydrogen) atoms. The van der Waals surface area contributed by atoms with Crippen molar-refractivity contribution in [1.82, 2.24) is 9.80 Å². The van der Waals surface area contributed by atoms with E-state index in [0.29, 0.717) is 29.6 Å². The molecule has 2 fully saturated rings. The van der Waals surface area contributed by atoms with Crippen LogP contribution in [0, 0.1) is 5.92 Å². The van der Waals surface area contributed by atoms with E-state index in [1.807, 2.05) is 59.5 Å². The number of carbonyl (C=O) groups is 3. The van der Waals surface area contributed by atoms with Crippen LogP contribution in [0.4, 0.5) is 11.4 Å². The van der Waals surface area contributed by atoms with Gasteiger partial charge in [-0.1, -0.05) is 44.4 Å². The topological polar surface area (TPSA) is 108 Å². The Kier molecular flexibility index (Phi) is 11.7. The van der Waals surface area contributed by atoms with Crippen LogP contribution in [0.25, 0.3) is 0 Å². The maximum Gasteiger partial charge on any atom is 0.256 e. The summed E-state index contributed by atoms with van der Waals surface area (Å²) in [5.74, 6) is 0.0454. The van der Waals surface area contributed by atoms with E-state index in [0.717, 1.165) is 57.5 Å². The van der Waals surface area contributed by atoms with Crippen LogP contribution in [0.5, 0.6) is 5.75 Å². The molecule has 2 aromatic carbocycles. The zero-order valence-corrected chi connectivity index (χ0v) is 25.3. The number of hydrogen-bond donors (Lipinski definition) is 2. The zero-order chi connectivity index (χ0) is 29.9. The van der Waals surface area contributed by atoms with E-state index in [1.54, 1.807) is 0 Å². The molecule has 3 N–H and O–H groups in total. The van der Waals surface area contributed by atoms with Crippen LogP contribution in [0.3, 0.4) is 0 Å². The lowest BCUT2D eigenvalue weighted by atomic mass is 9.96. The number of rotatable bonds is 15. The molecule has 0 unspecified atom stereocenters. The lowest BCUT2D eigenvalue weighted by molar-refractivity contribution is -0.124. The van der Waals surface area contributed by atoms with E-state index in [-0.39, 0.29) is 30.1 Å². The van der Waals surface area contributed by atoms with Crippen molar-refractivity contribution < 1.29 is 19.1 Å². The van der Waals surface area contributed by atoms with Gasteiger partial charge in [0.15, 0.2) is 5.11 Å². The summed E-state index contributed by atoms with van der Waals surface area (Å²) in [6, 6.07) is 16.0. The molecule has 1 atom stereocenters. The van der Waals surface area contributed by atoms with Crippen LogP contribution in [0.2, 0.25) is 0 Å². The second kappa shape index (κ2) is 15.7. The van der Waals surface area contributed by atoms with Gasteiger partial charge in [-0.2, -0.15) is 0 Å². The SMILES string of the molecule is CCCCCCOc1ccc(NC(=O)C[C@H]2C(=O)N(c3ccccc3)C(=S)N2CCCN2CCC(C(N)=O)CC2)cc1. The molecule has 9 nitrogen and oxygen atoms in total. The summed E-state index contributed by atoms with van der Waals surface area (Å²) in [6.45, 7) is 5.86. The van der Waals surface area contributed by atoms with Gasteiger partial charge < -0.3 is 25.6 Å². The Morgan fingerprint density at radius 1 is 0.976 bits per heavy atom. The molecule has 4 rings (SSSR count). The summed E-state index contributed by atoms with van der Waals surface area (Å²) in [4.78, 5) is 44.0. The number of para-hydroxylation sites is 1. The van der Waals surface area contributed by atoms with E-state index < -0.39 is 6.04 Å². The monoisotopic (exact) mass is 593 g/mol.